The Morgan fingerprint density at radius 3 is 2.27 bits per heavy atom. The van der Waals surface area contributed by atoms with E-state index in [2.05, 4.69) is 15.7 Å². The van der Waals surface area contributed by atoms with Gasteiger partial charge < -0.3 is 16.4 Å². The Labute approximate surface area is 177 Å². The molecular formula is C22H19N5O2S. The van der Waals surface area contributed by atoms with E-state index in [4.69, 9.17) is 5.73 Å². The van der Waals surface area contributed by atoms with E-state index in [1.165, 1.54) is 11.3 Å². The molecule has 0 spiro atoms. The van der Waals surface area contributed by atoms with Gasteiger partial charge in [-0.05, 0) is 41.3 Å². The smallest absolute Gasteiger partial charge is 0.316 e. The maximum absolute atomic E-state index is 13.0. The van der Waals surface area contributed by atoms with Crippen LogP contribution in [-0.4, -0.2) is 21.7 Å². The second kappa shape index (κ2) is 8.62. The number of carbonyl (C=O) groups is 2. The third-order valence-electron chi connectivity index (χ3n) is 4.36. The molecule has 0 saturated carbocycles. The van der Waals surface area contributed by atoms with Crippen molar-refractivity contribution in [2.75, 3.05) is 10.6 Å². The minimum Gasteiger partial charge on any atom is -0.351 e. The minimum atomic E-state index is -0.641. The molecule has 3 amide bonds. The van der Waals surface area contributed by atoms with Gasteiger partial charge in [-0.15, -0.1) is 11.3 Å². The van der Waals surface area contributed by atoms with Crippen molar-refractivity contribution in [2.24, 2.45) is 5.73 Å². The maximum atomic E-state index is 13.0. The van der Waals surface area contributed by atoms with Crippen molar-refractivity contribution in [1.29, 1.82) is 0 Å². The first kappa shape index (κ1) is 19.4. The summed E-state index contributed by atoms with van der Waals surface area (Å²) in [6.45, 7) is 0.569. The molecule has 0 aliphatic rings. The second-order valence-corrected chi connectivity index (χ2v) is 7.52. The van der Waals surface area contributed by atoms with Crippen LogP contribution in [0.25, 0.3) is 10.6 Å². The summed E-state index contributed by atoms with van der Waals surface area (Å²) in [6, 6.07) is 19.9. The highest BCUT2D eigenvalue weighted by atomic mass is 32.1. The molecule has 0 fully saturated rings. The number of aromatic nitrogens is 2. The minimum absolute atomic E-state index is 0.256. The summed E-state index contributed by atoms with van der Waals surface area (Å²) in [5.74, 6) is -0.256. The number of thiophene rings is 1. The maximum Gasteiger partial charge on any atom is 0.316 e. The SMILES string of the molecule is NC(=O)Nc1ccc(NC(=O)c2cn(Cc3ccccc3)nc2-c2cccs2)cc1. The van der Waals surface area contributed by atoms with Crippen LogP contribution >= 0.6 is 11.3 Å². The van der Waals surface area contributed by atoms with Gasteiger partial charge in [-0.1, -0.05) is 36.4 Å². The number of nitrogens with one attached hydrogen (secondary N) is 2. The Kier molecular flexibility index (Phi) is 5.58. The molecule has 4 N–H and O–H groups in total. The molecule has 0 bridgehead atoms. The molecule has 0 radical (unpaired) electrons. The Hall–Kier alpha value is -3.91. The van der Waals surface area contributed by atoms with Crippen LogP contribution in [0.1, 0.15) is 15.9 Å². The predicted molar refractivity (Wildman–Crippen MR) is 119 cm³/mol. The van der Waals surface area contributed by atoms with Crippen molar-refractivity contribution in [2.45, 2.75) is 6.54 Å². The molecule has 150 valence electrons. The van der Waals surface area contributed by atoms with E-state index in [-0.39, 0.29) is 5.91 Å². The average Bonchev–Trinajstić information content (AvgIpc) is 3.40. The van der Waals surface area contributed by atoms with Gasteiger partial charge in [0.05, 0.1) is 17.0 Å². The highest BCUT2D eigenvalue weighted by Gasteiger charge is 2.19. The zero-order chi connectivity index (χ0) is 20.9. The van der Waals surface area contributed by atoms with Crippen LogP contribution in [0.5, 0.6) is 0 Å². The lowest BCUT2D eigenvalue weighted by atomic mass is 10.2. The lowest BCUT2D eigenvalue weighted by molar-refractivity contribution is 0.102. The van der Waals surface area contributed by atoms with Crippen LogP contribution in [0.3, 0.4) is 0 Å². The molecule has 8 heteroatoms. The van der Waals surface area contributed by atoms with Gasteiger partial charge in [0.15, 0.2) is 0 Å². The number of carbonyl (C=O) groups excluding carboxylic acids is 2. The van der Waals surface area contributed by atoms with Crippen molar-refractivity contribution in [1.82, 2.24) is 9.78 Å². The zero-order valence-corrected chi connectivity index (χ0v) is 16.7. The van der Waals surface area contributed by atoms with Gasteiger partial charge in [0, 0.05) is 17.6 Å². The number of hydrogen-bond acceptors (Lipinski definition) is 4. The Balaban J connectivity index is 1.58. The molecule has 0 aliphatic carbocycles. The topological polar surface area (TPSA) is 102 Å². The van der Waals surface area contributed by atoms with E-state index in [9.17, 15) is 9.59 Å². The van der Waals surface area contributed by atoms with Gasteiger partial charge >= 0.3 is 6.03 Å². The van der Waals surface area contributed by atoms with Crippen LogP contribution in [0, 0.1) is 0 Å². The number of primary amides is 1. The number of anilines is 2. The lowest BCUT2D eigenvalue weighted by Crippen LogP contribution is -2.19. The molecule has 0 aliphatic heterocycles. The molecule has 2 aromatic heterocycles. The van der Waals surface area contributed by atoms with Gasteiger partial charge in [-0.3, -0.25) is 9.48 Å². The predicted octanol–water partition coefficient (Wildman–Crippen LogP) is 4.40. The first-order valence-corrected chi connectivity index (χ1v) is 10.1. The monoisotopic (exact) mass is 417 g/mol. The van der Waals surface area contributed by atoms with Crippen molar-refractivity contribution in [3.05, 3.63) is 89.4 Å². The molecular weight excluding hydrogens is 398 g/mol. The third-order valence-corrected chi connectivity index (χ3v) is 5.24. The summed E-state index contributed by atoms with van der Waals surface area (Å²) >= 11 is 1.53. The van der Waals surface area contributed by atoms with Gasteiger partial charge in [0.2, 0.25) is 0 Å². The Morgan fingerprint density at radius 1 is 0.933 bits per heavy atom. The number of rotatable bonds is 6. The van der Waals surface area contributed by atoms with Crippen molar-refractivity contribution >= 4 is 34.6 Å². The summed E-state index contributed by atoms with van der Waals surface area (Å²) in [4.78, 5) is 24.9. The Bertz CT molecular complexity index is 1150. The van der Waals surface area contributed by atoms with E-state index >= 15 is 0 Å². The standard InChI is InChI=1S/C22H19N5O2S/c23-22(29)25-17-10-8-16(9-11-17)24-21(28)18-14-27(13-15-5-2-1-3-6-15)26-20(18)19-7-4-12-30-19/h1-12,14H,13H2,(H,24,28)(H3,23,25,29). The normalized spacial score (nSPS) is 10.5. The molecule has 7 nitrogen and oxygen atoms in total. The molecule has 2 aromatic carbocycles. The molecule has 30 heavy (non-hydrogen) atoms. The van der Waals surface area contributed by atoms with E-state index in [0.29, 0.717) is 29.2 Å². The van der Waals surface area contributed by atoms with Crippen LogP contribution in [0.2, 0.25) is 0 Å². The highest BCUT2D eigenvalue weighted by molar-refractivity contribution is 7.13. The Morgan fingerprint density at radius 2 is 1.63 bits per heavy atom. The summed E-state index contributed by atoms with van der Waals surface area (Å²) in [5, 5.41) is 12.0. The summed E-state index contributed by atoms with van der Waals surface area (Å²) in [7, 11) is 0. The fraction of sp³-hybridized carbons (Fsp3) is 0.0455. The fourth-order valence-electron chi connectivity index (χ4n) is 3.01. The van der Waals surface area contributed by atoms with Crippen molar-refractivity contribution in [3.8, 4) is 10.6 Å². The molecule has 4 rings (SSSR count). The van der Waals surface area contributed by atoms with Crippen LogP contribution in [-0.2, 0) is 6.54 Å². The zero-order valence-electron chi connectivity index (χ0n) is 15.9. The average molecular weight is 417 g/mol. The van der Waals surface area contributed by atoms with Crippen molar-refractivity contribution < 1.29 is 9.59 Å². The molecule has 2 heterocycles. The van der Waals surface area contributed by atoms with E-state index in [1.54, 1.807) is 35.1 Å². The van der Waals surface area contributed by atoms with Crippen molar-refractivity contribution in [3.63, 3.8) is 0 Å². The summed E-state index contributed by atoms with van der Waals surface area (Å²) < 4.78 is 1.78. The molecule has 0 unspecified atom stereocenters. The van der Waals surface area contributed by atoms with Gasteiger partial charge in [0.25, 0.3) is 5.91 Å². The largest absolute Gasteiger partial charge is 0.351 e. The van der Waals surface area contributed by atoms with Crippen LogP contribution < -0.4 is 16.4 Å². The van der Waals surface area contributed by atoms with E-state index < -0.39 is 6.03 Å². The number of urea groups is 1. The van der Waals surface area contributed by atoms with Crippen LogP contribution in [0.4, 0.5) is 16.2 Å². The number of nitrogens with zero attached hydrogens (tertiary/aromatic N) is 2. The second-order valence-electron chi connectivity index (χ2n) is 6.57. The molecule has 0 atom stereocenters. The number of nitrogens with two attached hydrogens (primary N) is 1. The number of hydrogen-bond donors (Lipinski definition) is 3. The summed E-state index contributed by atoms with van der Waals surface area (Å²) in [5.41, 5.74) is 8.50. The lowest BCUT2D eigenvalue weighted by Gasteiger charge is -2.06. The van der Waals surface area contributed by atoms with Gasteiger partial charge in [-0.2, -0.15) is 5.10 Å². The molecule has 0 saturated heterocycles. The van der Waals surface area contributed by atoms with E-state index in [0.717, 1.165) is 10.4 Å². The number of benzene rings is 2. The first-order valence-electron chi connectivity index (χ1n) is 9.21. The first-order chi connectivity index (χ1) is 14.6. The quantitative estimate of drug-likeness (QED) is 0.433. The third kappa shape index (κ3) is 4.56. The number of amides is 3. The molecule has 4 aromatic rings. The van der Waals surface area contributed by atoms with E-state index in [1.807, 2.05) is 47.8 Å². The summed E-state index contributed by atoms with van der Waals surface area (Å²) in [6.07, 6.45) is 1.76. The fourth-order valence-corrected chi connectivity index (χ4v) is 3.74. The highest BCUT2D eigenvalue weighted by Crippen LogP contribution is 2.28. The van der Waals surface area contributed by atoms with Gasteiger partial charge in [-0.25, -0.2) is 4.79 Å². The van der Waals surface area contributed by atoms with Gasteiger partial charge in [0.1, 0.15) is 5.69 Å². The van der Waals surface area contributed by atoms with Crippen LogP contribution in [0.15, 0.2) is 78.3 Å².